The van der Waals surface area contributed by atoms with Gasteiger partial charge in [0.2, 0.25) is 5.91 Å². The summed E-state index contributed by atoms with van der Waals surface area (Å²) in [6, 6.07) is 15.0. The number of alkyl halides is 2. The Kier molecular flexibility index (Phi) is 6.08. The van der Waals surface area contributed by atoms with Gasteiger partial charge >= 0.3 is 0 Å². The number of rotatable bonds is 6. The molecule has 0 N–H and O–H groups in total. The van der Waals surface area contributed by atoms with Crippen molar-refractivity contribution in [2.75, 3.05) is 38.2 Å². The molecule has 1 fully saturated rings. The van der Waals surface area contributed by atoms with Crippen LogP contribution in [-0.4, -0.2) is 59.4 Å². The van der Waals surface area contributed by atoms with Gasteiger partial charge in [0.05, 0.1) is 23.8 Å². The maximum atomic E-state index is 13.0. The molecule has 2 heterocycles. The summed E-state index contributed by atoms with van der Waals surface area (Å²) in [5.41, 5.74) is 2.29. The molecule has 0 aliphatic carbocycles. The molecule has 1 aromatic heterocycles. The zero-order chi connectivity index (χ0) is 21.1. The van der Waals surface area contributed by atoms with Gasteiger partial charge in [-0.15, -0.1) is 0 Å². The summed E-state index contributed by atoms with van der Waals surface area (Å²) in [5, 5.41) is 0.159. The number of carbonyl (C=O) groups is 1. The van der Waals surface area contributed by atoms with E-state index >= 15 is 0 Å². The standard InChI is InChI=1S/C21H22F2N4O2S/c1-29-18-9-5-4-8-17(18)25-10-12-26(13-11-25)19(28)14-27-16-7-3-2-6-15(16)24-21(27)30-20(22)23/h2-9,20H,10-14H2,1H3. The fourth-order valence-electron chi connectivity index (χ4n) is 3.70. The summed E-state index contributed by atoms with van der Waals surface area (Å²) in [5.74, 6) is -1.90. The van der Waals surface area contributed by atoms with Crippen LogP contribution in [0.15, 0.2) is 53.7 Å². The van der Waals surface area contributed by atoms with Gasteiger partial charge in [0.15, 0.2) is 5.16 Å². The Morgan fingerprint density at radius 2 is 1.80 bits per heavy atom. The van der Waals surface area contributed by atoms with Crippen molar-refractivity contribution in [1.29, 1.82) is 0 Å². The van der Waals surface area contributed by atoms with Crippen molar-refractivity contribution in [3.63, 3.8) is 0 Å². The largest absolute Gasteiger partial charge is 0.495 e. The second kappa shape index (κ2) is 8.91. The highest BCUT2D eigenvalue weighted by molar-refractivity contribution is 7.99. The quantitative estimate of drug-likeness (QED) is 0.556. The lowest BCUT2D eigenvalue weighted by Gasteiger charge is -2.36. The van der Waals surface area contributed by atoms with Gasteiger partial charge in [0.25, 0.3) is 5.76 Å². The molecule has 1 aliphatic heterocycles. The summed E-state index contributed by atoms with van der Waals surface area (Å²) < 4.78 is 33.0. The van der Waals surface area contributed by atoms with E-state index in [9.17, 15) is 13.6 Å². The fourth-order valence-corrected chi connectivity index (χ4v) is 4.30. The minimum absolute atomic E-state index is 0.00970. The normalized spacial score (nSPS) is 14.5. The van der Waals surface area contributed by atoms with Crippen molar-refractivity contribution in [1.82, 2.24) is 14.5 Å². The van der Waals surface area contributed by atoms with Crippen LogP contribution in [0.5, 0.6) is 5.75 Å². The Bertz CT molecular complexity index is 1030. The number of piperazine rings is 1. The monoisotopic (exact) mass is 432 g/mol. The number of halogens is 2. The van der Waals surface area contributed by atoms with E-state index in [2.05, 4.69) is 9.88 Å². The van der Waals surface area contributed by atoms with Gasteiger partial charge in [0.1, 0.15) is 12.3 Å². The number of amides is 1. The third kappa shape index (κ3) is 4.21. The van der Waals surface area contributed by atoms with Crippen molar-refractivity contribution >= 4 is 34.4 Å². The number of benzene rings is 2. The first-order chi connectivity index (χ1) is 14.6. The Morgan fingerprint density at radius 1 is 1.10 bits per heavy atom. The lowest BCUT2D eigenvalue weighted by atomic mass is 10.2. The third-order valence-corrected chi connectivity index (χ3v) is 5.87. The van der Waals surface area contributed by atoms with Crippen LogP contribution in [0.1, 0.15) is 0 Å². The topological polar surface area (TPSA) is 50.6 Å². The molecule has 3 aromatic rings. The first kappa shape index (κ1) is 20.5. The molecule has 6 nitrogen and oxygen atoms in total. The zero-order valence-electron chi connectivity index (χ0n) is 16.5. The Balaban J connectivity index is 1.47. The van der Waals surface area contributed by atoms with E-state index in [0.717, 1.165) is 11.4 Å². The van der Waals surface area contributed by atoms with Crippen molar-refractivity contribution in [2.24, 2.45) is 0 Å². The molecule has 1 saturated heterocycles. The lowest BCUT2D eigenvalue weighted by molar-refractivity contribution is -0.132. The van der Waals surface area contributed by atoms with Crippen LogP contribution in [0.2, 0.25) is 0 Å². The maximum absolute atomic E-state index is 13.0. The van der Waals surface area contributed by atoms with E-state index in [-0.39, 0.29) is 17.6 Å². The highest BCUT2D eigenvalue weighted by Crippen LogP contribution is 2.30. The fraction of sp³-hybridized carbons (Fsp3) is 0.333. The number of para-hydroxylation sites is 4. The molecular weight excluding hydrogens is 410 g/mol. The van der Waals surface area contributed by atoms with E-state index in [0.29, 0.717) is 49.0 Å². The van der Waals surface area contributed by atoms with Crippen LogP contribution in [0.3, 0.4) is 0 Å². The average molecular weight is 432 g/mol. The predicted molar refractivity (Wildman–Crippen MR) is 113 cm³/mol. The zero-order valence-corrected chi connectivity index (χ0v) is 17.3. The van der Waals surface area contributed by atoms with Crippen molar-refractivity contribution in [3.05, 3.63) is 48.5 Å². The first-order valence-corrected chi connectivity index (χ1v) is 10.5. The van der Waals surface area contributed by atoms with Crippen LogP contribution in [-0.2, 0) is 11.3 Å². The minimum atomic E-state index is -2.60. The van der Waals surface area contributed by atoms with Gasteiger partial charge < -0.3 is 19.1 Å². The number of hydrogen-bond acceptors (Lipinski definition) is 5. The van der Waals surface area contributed by atoms with Crippen LogP contribution in [0.25, 0.3) is 11.0 Å². The molecule has 0 radical (unpaired) electrons. The first-order valence-electron chi connectivity index (χ1n) is 9.62. The van der Waals surface area contributed by atoms with Crippen molar-refractivity contribution < 1.29 is 18.3 Å². The Labute approximate surface area is 177 Å². The minimum Gasteiger partial charge on any atom is -0.495 e. The van der Waals surface area contributed by atoms with Crippen molar-refractivity contribution in [2.45, 2.75) is 17.5 Å². The van der Waals surface area contributed by atoms with E-state index in [4.69, 9.17) is 4.74 Å². The number of methoxy groups -OCH3 is 1. The van der Waals surface area contributed by atoms with Crippen LogP contribution in [0, 0.1) is 0 Å². The lowest BCUT2D eigenvalue weighted by Crippen LogP contribution is -2.49. The molecule has 158 valence electrons. The summed E-state index contributed by atoms with van der Waals surface area (Å²) >= 11 is 0.367. The second-order valence-electron chi connectivity index (χ2n) is 6.89. The van der Waals surface area contributed by atoms with Crippen LogP contribution >= 0.6 is 11.8 Å². The van der Waals surface area contributed by atoms with E-state index in [1.165, 1.54) is 0 Å². The number of anilines is 1. The number of fused-ring (bicyclic) bond motifs is 1. The number of ether oxygens (including phenoxy) is 1. The number of carbonyl (C=O) groups excluding carboxylic acids is 1. The van der Waals surface area contributed by atoms with Gasteiger partial charge in [-0.05, 0) is 36.0 Å². The molecule has 30 heavy (non-hydrogen) atoms. The molecule has 0 spiro atoms. The molecule has 1 amide bonds. The van der Waals surface area contributed by atoms with Gasteiger partial charge in [-0.25, -0.2) is 4.98 Å². The van der Waals surface area contributed by atoms with E-state index < -0.39 is 5.76 Å². The summed E-state index contributed by atoms with van der Waals surface area (Å²) in [6.45, 7) is 2.46. The number of aromatic nitrogens is 2. The van der Waals surface area contributed by atoms with Gasteiger partial charge in [-0.2, -0.15) is 8.78 Å². The molecule has 4 rings (SSSR count). The summed E-state index contributed by atoms with van der Waals surface area (Å²) in [7, 11) is 1.64. The number of hydrogen-bond donors (Lipinski definition) is 0. The summed E-state index contributed by atoms with van der Waals surface area (Å²) in [6.07, 6.45) is 0. The Hall–Kier alpha value is -2.81. The van der Waals surface area contributed by atoms with Crippen LogP contribution < -0.4 is 9.64 Å². The molecule has 9 heteroatoms. The third-order valence-electron chi connectivity index (χ3n) is 5.17. The highest BCUT2D eigenvalue weighted by atomic mass is 32.2. The van der Waals surface area contributed by atoms with Crippen molar-refractivity contribution in [3.8, 4) is 5.75 Å². The van der Waals surface area contributed by atoms with E-state index in [1.54, 1.807) is 34.8 Å². The summed E-state index contributed by atoms with van der Waals surface area (Å²) in [4.78, 5) is 21.2. The van der Waals surface area contributed by atoms with Gasteiger partial charge in [0, 0.05) is 26.2 Å². The van der Waals surface area contributed by atoms with Crippen LogP contribution in [0.4, 0.5) is 14.5 Å². The van der Waals surface area contributed by atoms with Gasteiger partial charge in [-0.3, -0.25) is 4.79 Å². The molecule has 0 saturated carbocycles. The molecular formula is C21H22F2N4O2S. The SMILES string of the molecule is COc1ccccc1N1CCN(C(=O)Cn2c(SC(F)F)nc3ccccc32)CC1. The molecule has 0 unspecified atom stereocenters. The molecule has 2 aromatic carbocycles. The number of thioether (sulfide) groups is 1. The number of imidazole rings is 1. The highest BCUT2D eigenvalue weighted by Gasteiger charge is 2.25. The van der Waals surface area contributed by atoms with Gasteiger partial charge in [-0.1, -0.05) is 24.3 Å². The molecule has 1 aliphatic rings. The number of nitrogens with zero attached hydrogens (tertiary/aromatic N) is 4. The predicted octanol–water partition coefficient (Wildman–Crippen LogP) is 3.71. The molecule has 0 atom stereocenters. The van der Waals surface area contributed by atoms with E-state index in [1.807, 2.05) is 30.3 Å². The average Bonchev–Trinajstić information content (AvgIpc) is 3.10. The maximum Gasteiger partial charge on any atom is 0.291 e. The smallest absolute Gasteiger partial charge is 0.291 e. The Morgan fingerprint density at radius 3 is 2.53 bits per heavy atom. The second-order valence-corrected chi connectivity index (χ2v) is 7.84. The molecule has 0 bridgehead atoms.